The van der Waals surface area contributed by atoms with Gasteiger partial charge in [-0.05, 0) is 29.3 Å². The SMILES string of the molecule is N#Cc1cccc(C(=O)NCc2ccccc2CN)c1. The zero-order chi connectivity index (χ0) is 14.4. The van der Waals surface area contributed by atoms with Gasteiger partial charge in [-0.2, -0.15) is 5.26 Å². The highest BCUT2D eigenvalue weighted by molar-refractivity contribution is 5.94. The third kappa shape index (κ3) is 3.22. The van der Waals surface area contributed by atoms with Crippen LogP contribution < -0.4 is 11.1 Å². The Labute approximate surface area is 117 Å². The maximum atomic E-state index is 12.0. The minimum atomic E-state index is -0.200. The Morgan fingerprint density at radius 2 is 1.90 bits per heavy atom. The highest BCUT2D eigenvalue weighted by Gasteiger charge is 2.07. The van der Waals surface area contributed by atoms with E-state index in [2.05, 4.69) is 5.32 Å². The summed E-state index contributed by atoms with van der Waals surface area (Å²) in [5, 5.41) is 11.7. The zero-order valence-corrected chi connectivity index (χ0v) is 11.0. The quantitative estimate of drug-likeness (QED) is 0.886. The normalized spacial score (nSPS) is 9.80. The van der Waals surface area contributed by atoms with Gasteiger partial charge in [-0.15, -0.1) is 0 Å². The summed E-state index contributed by atoms with van der Waals surface area (Å²) >= 11 is 0. The fourth-order valence-corrected chi connectivity index (χ4v) is 1.94. The molecule has 3 N–H and O–H groups in total. The number of nitrogens with one attached hydrogen (secondary N) is 1. The van der Waals surface area contributed by atoms with Crippen molar-refractivity contribution in [1.82, 2.24) is 5.32 Å². The molecule has 100 valence electrons. The maximum absolute atomic E-state index is 12.0. The van der Waals surface area contributed by atoms with Crippen LogP contribution in [0.1, 0.15) is 27.0 Å². The van der Waals surface area contributed by atoms with E-state index in [0.717, 1.165) is 11.1 Å². The number of benzene rings is 2. The zero-order valence-electron chi connectivity index (χ0n) is 11.0. The van der Waals surface area contributed by atoms with Crippen LogP contribution in [0.2, 0.25) is 0 Å². The average Bonchev–Trinajstić information content (AvgIpc) is 2.52. The third-order valence-electron chi connectivity index (χ3n) is 3.03. The standard InChI is InChI=1S/C16H15N3O/c17-9-12-4-3-7-13(8-12)16(20)19-11-15-6-2-1-5-14(15)10-18/h1-8H,10-11,18H2,(H,19,20). The number of rotatable bonds is 4. The van der Waals surface area contributed by atoms with E-state index in [4.69, 9.17) is 11.0 Å². The van der Waals surface area contributed by atoms with E-state index in [-0.39, 0.29) is 5.91 Å². The second-order valence-corrected chi connectivity index (χ2v) is 4.35. The van der Waals surface area contributed by atoms with E-state index in [1.165, 1.54) is 0 Å². The van der Waals surface area contributed by atoms with E-state index in [1.54, 1.807) is 24.3 Å². The summed E-state index contributed by atoms with van der Waals surface area (Å²) in [6, 6.07) is 16.4. The molecule has 0 aliphatic heterocycles. The predicted molar refractivity (Wildman–Crippen MR) is 76.7 cm³/mol. The Balaban J connectivity index is 2.07. The third-order valence-corrected chi connectivity index (χ3v) is 3.03. The molecule has 0 heterocycles. The van der Waals surface area contributed by atoms with Crippen LogP contribution in [0.15, 0.2) is 48.5 Å². The van der Waals surface area contributed by atoms with Gasteiger partial charge in [-0.1, -0.05) is 30.3 Å². The summed E-state index contributed by atoms with van der Waals surface area (Å²) in [4.78, 5) is 12.0. The summed E-state index contributed by atoms with van der Waals surface area (Å²) in [6.45, 7) is 0.860. The van der Waals surface area contributed by atoms with Crippen molar-refractivity contribution in [3.05, 3.63) is 70.8 Å². The van der Waals surface area contributed by atoms with Gasteiger partial charge in [0.25, 0.3) is 5.91 Å². The van der Waals surface area contributed by atoms with Gasteiger partial charge in [-0.25, -0.2) is 0 Å². The maximum Gasteiger partial charge on any atom is 0.251 e. The predicted octanol–water partition coefficient (Wildman–Crippen LogP) is 1.95. The first-order valence-corrected chi connectivity index (χ1v) is 6.30. The number of hydrogen-bond donors (Lipinski definition) is 2. The van der Waals surface area contributed by atoms with Gasteiger partial charge in [0.2, 0.25) is 0 Å². The molecule has 4 heteroatoms. The van der Waals surface area contributed by atoms with Crippen LogP contribution in [0.5, 0.6) is 0 Å². The number of amides is 1. The Bertz CT molecular complexity index is 659. The molecular formula is C16H15N3O. The minimum absolute atomic E-state index is 0.200. The number of nitriles is 1. The number of nitrogens with zero attached hydrogens (tertiary/aromatic N) is 1. The van der Waals surface area contributed by atoms with Crippen LogP contribution in [0, 0.1) is 11.3 Å². The number of carbonyl (C=O) groups excluding carboxylic acids is 1. The van der Waals surface area contributed by atoms with E-state index >= 15 is 0 Å². The van der Waals surface area contributed by atoms with Crippen molar-refractivity contribution in [1.29, 1.82) is 5.26 Å². The molecule has 0 saturated carbocycles. The number of hydrogen-bond acceptors (Lipinski definition) is 3. The smallest absolute Gasteiger partial charge is 0.251 e. The van der Waals surface area contributed by atoms with E-state index in [0.29, 0.717) is 24.2 Å². The largest absolute Gasteiger partial charge is 0.348 e. The monoisotopic (exact) mass is 265 g/mol. The molecule has 0 spiro atoms. The molecule has 0 fully saturated rings. The summed E-state index contributed by atoms with van der Waals surface area (Å²) in [5.41, 5.74) is 8.62. The Hall–Kier alpha value is -2.64. The Morgan fingerprint density at radius 3 is 2.60 bits per heavy atom. The Morgan fingerprint density at radius 1 is 1.15 bits per heavy atom. The van der Waals surface area contributed by atoms with Crippen LogP contribution in [-0.2, 0) is 13.1 Å². The number of carbonyl (C=O) groups is 1. The number of nitrogens with two attached hydrogens (primary N) is 1. The molecule has 0 aliphatic rings. The molecule has 0 aliphatic carbocycles. The first-order valence-electron chi connectivity index (χ1n) is 6.30. The molecule has 0 unspecified atom stereocenters. The molecule has 2 aromatic carbocycles. The highest BCUT2D eigenvalue weighted by Crippen LogP contribution is 2.09. The molecule has 4 nitrogen and oxygen atoms in total. The van der Waals surface area contributed by atoms with Gasteiger partial charge < -0.3 is 11.1 Å². The van der Waals surface area contributed by atoms with Gasteiger partial charge in [0.1, 0.15) is 0 Å². The van der Waals surface area contributed by atoms with Gasteiger partial charge in [0.05, 0.1) is 11.6 Å². The first-order chi connectivity index (χ1) is 9.74. The van der Waals surface area contributed by atoms with Crippen LogP contribution in [-0.4, -0.2) is 5.91 Å². The van der Waals surface area contributed by atoms with E-state index < -0.39 is 0 Å². The van der Waals surface area contributed by atoms with E-state index in [9.17, 15) is 4.79 Å². The summed E-state index contributed by atoms with van der Waals surface area (Å²) in [5.74, 6) is -0.200. The van der Waals surface area contributed by atoms with Gasteiger partial charge >= 0.3 is 0 Å². The molecule has 1 amide bonds. The fourth-order valence-electron chi connectivity index (χ4n) is 1.94. The van der Waals surface area contributed by atoms with Crippen molar-refractivity contribution in [3.63, 3.8) is 0 Å². The van der Waals surface area contributed by atoms with Crippen molar-refractivity contribution in [2.45, 2.75) is 13.1 Å². The topological polar surface area (TPSA) is 78.9 Å². The van der Waals surface area contributed by atoms with Crippen molar-refractivity contribution >= 4 is 5.91 Å². The fraction of sp³-hybridized carbons (Fsp3) is 0.125. The lowest BCUT2D eigenvalue weighted by molar-refractivity contribution is 0.0951. The molecule has 0 atom stereocenters. The molecule has 0 bridgehead atoms. The molecular weight excluding hydrogens is 250 g/mol. The van der Waals surface area contributed by atoms with Crippen molar-refractivity contribution in [2.24, 2.45) is 5.73 Å². The van der Waals surface area contributed by atoms with Crippen molar-refractivity contribution < 1.29 is 4.79 Å². The van der Waals surface area contributed by atoms with Crippen LogP contribution in [0.3, 0.4) is 0 Å². The lowest BCUT2D eigenvalue weighted by Crippen LogP contribution is -2.23. The van der Waals surface area contributed by atoms with Gasteiger partial charge in [-0.3, -0.25) is 4.79 Å². The van der Waals surface area contributed by atoms with Crippen molar-refractivity contribution in [3.8, 4) is 6.07 Å². The lowest BCUT2D eigenvalue weighted by Gasteiger charge is -2.09. The minimum Gasteiger partial charge on any atom is -0.348 e. The average molecular weight is 265 g/mol. The van der Waals surface area contributed by atoms with Gasteiger partial charge in [0.15, 0.2) is 0 Å². The van der Waals surface area contributed by atoms with E-state index in [1.807, 2.05) is 30.3 Å². The molecule has 20 heavy (non-hydrogen) atoms. The molecule has 0 saturated heterocycles. The van der Waals surface area contributed by atoms with Gasteiger partial charge in [0, 0.05) is 18.7 Å². The molecule has 2 aromatic rings. The summed E-state index contributed by atoms with van der Waals surface area (Å²) in [6.07, 6.45) is 0. The van der Waals surface area contributed by atoms with Crippen LogP contribution in [0.25, 0.3) is 0 Å². The molecule has 0 aromatic heterocycles. The second-order valence-electron chi connectivity index (χ2n) is 4.35. The first kappa shape index (κ1) is 13.8. The van der Waals surface area contributed by atoms with Crippen LogP contribution in [0.4, 0.5) is 0 Å². The summed E-state index contributed by atoms with van der Waals surface area (Å²) in [7, 11) is 0. The lowest BCUT2D eigenvalue weighted by atomic mass is 10.1. The van der Waals surface area contributed by atoms with Crippen molar-refractivity contribution in [2.75, 3.05) is 0 Å². The highest BCUT2D eigenvalue weighted by atomic mass is 16.1. The van der Waals surface area contributed by atoms with Crippen LogP contribution >= 0.6 is 0 Å². The summed E-state index contributed by atoms with van der Waals surface area (Å²) < 4.78 is 0. The molecule has 0 radical (unpaired) electrons. The Kier molecular flexibility index (Phi) is 4.48. The second kappa shape index (κ2) is 6.50. The molecule has 2 rings (SSSR count).